The van der Waals surface area contributed by atoms with Gasteiger partial charge in [0.2, 0.25) is 0 Å². The molecule has 0 spiro atoms. The number of carbonyl (C=O) groups excluding carboxylic acids is 1. The maximum Gasteiger partial charge on any atom is 0.349 e. The smallest absolute Gasteiger partial charge is 0.349 e. The van der Waals surface area contributed by atoms with E-state index in [0.717, 1.165) is 27.8 Å². The van der Waals surface area contributed by atoms with Gasteiger partial charge in [0.1, 0.15) is 10.7 Å². The molecule has 0 amide bonds. The number of fused-ring (bicyclic) bond motifs is 1. The number of methoxy groups -OCH3 is 1. The molecule has 8 heteroatoms. The molecular weight excluding hydrogens is 407 g/mol. The van der Waals surface area contributed by atoms with Crippen LogP contribution >= 0.6 is 35.2 Å². The van der Waals surface area contributed by atoms with Crippen molar-refractivity contribution in [3.63, 3.8) is 0 Å². The maximum atomic E-state index is 12.9. The number of thiophene rings is 1. The Kier molecular flexibility index (Phi) is 6.26. The largest absolute Gasteiger partial charge is 0.465 e. The zero-order valence-electron chi connectivity index (χ0n) is 14.3. The fourth-order valence-corrected chi connectivity index (χ4v) is 4.20. The van der Waals surface area contributed by atoms with Crippen molar-refractivity contribution in [1.82, 2.24) is 5.32 Å². The Morgan fingerprint density at radius 1 is 1.26 bits per heavy atom. The van der Waals surface area contributed by atoms with Crippen molar-refractivity contribution in [3.05, 3.63) is 63.7 Å². The highest BCUT2D eigenvalue weighted by Crippen LogP contribution is 2.37. The Morgan fingerprint density at radius 2 is 2.00 bits per heavy atom. The minimum Gasteiger partial charge on any atom is -0.465 e. The molecule has 0 aliphatic heterocycles. The third kappa shape index (κ3) is 4.74. The lowest BCUT2D eigenvalue weighted by atomic mass is 10.1. The first-order valence-corrected chi connectivity index (χ1v) is 9.68. The van der Waals surface area contributed by atoms with Crippen molar-refractivity contribution in [2.75, 3.05) is 19.0 Å². The topological polar surface area (TPSA) is 50.4 Å². The van der Waals surface area contributed by atoms with Crippen LogP contribution in [0, 0.1) is 5.82 Å². The fourth-order valence-electron chi connectivity index (χ4n) is 2.51. The van der Waals surface area contributed by atoms with Crippen LogP contribution in [-0.4, -0.2) is 24.7 Å². The summed E-state index contributed by atoms with van der Waals surface area (Å²) in [6, 6.07) is 11.9. The molecule has 0 radical (unpaired) electrons. The number of benzene rings is 2. The predicted molar refractivity (Wildman–Crippen MR) is 113 cm³/mol. The molecule has 3 aromatic rings. The number of anilines is 1. The van der Waals surface area contributed by atoms with Gasteiger partial charge >= 0.3 is 5.97 Å². The SMILES string of the molecule is COC(=O)c1sc2cc(NC(=S)NCCc3ccc(F)cc3)ccc2c1Cl. The van der Waals surface area contributed by atoms with Crippen LogP contribution in [-0.2, 0) is 11.2 Å². The Hall–Kier alpha value is -2.22. The molecule has 1 heterocycles. The first-order chi connectivity index (χ1) is 13.0. The van der Waals surface area contributed by atoms with Gasteiger partial charge < -0.3 is 15.4 Å². The summed E-state index contributed by atoms with van der Waals surface area (Å²) in [5, 5.41) is 7.90. The van der Waals surface area contributed by atoms with E-state index in [-0.39, 0.29) is 5.82 Å². The molecule has 140 valence electrons. The summed E-state index contributed by atoms with van der Waals surface area (Å²) in [7, 11) is 1.33. The lowest BCUT2D eigenvalue weighted by Gasteiger charge is -2.10. The first kappa shape index (κ1) is 19.5. The van der Waals surface area contributed by atoms with Crippen LogP contribution in [0.1, 0.15) is 15.2 Å². The van der Waals surface area contributed by atoms with Crippen LogP contribution in [0.25, 0.3) is 10.1 Å². The molecule has 0 fully saturated rings. The summed E-state index contributed by atoms with van der Waals surface area (Å²) >= 11 is 12.8. The number of rotatable bonds is 5. The van der Waals surface area contributed by atoms with Crippen LogP contribution in [0.15, 0.2) is 42.5 Å². The number of carbonyl (C=O) groups is 1. The van der Waals surface area contributed by atoms with Gasteiger partial charge in [-0.2, -0.15) is 0 Å². The number of hydrogen-bond donors (Lipinski definition) is 2. The van der Waals surface area contributed by atoms with Crippen molar-refractivity contribution in [1.29, 1.82) is 0 Å². The van der Waals surface area contributed by atoms with Gasteiger partial charge in [-0.1, -0.05) is 23.7 Å². The van der Waals surface area contributed by atoms with Crippen LogP contribution in [0.5, 0.6) is 0 Å². The lowest BCUT2D eigenvalue weighted by Crippen LogP contribution is -2.30. The molecule has 0 atom stereocenters. The van der Waals surface area contributed by atoms with Crippen molar-refractivity contribution < 1.29 is 13.9 Å². The Morgan fingerprint density at radius 3 is 2.70 bits per heavy atom. The zero-order chi connectivity index (χ0) is 19.4. The Bertz CT molecular complexity index is 989. The van der Waals surface area contributed by atoms with E-state index >= 15 is 0 Å². The predicted octanol–water partition coefficient (Wildman–Crippen LogP) is 5.01. The van der Waals surface area contributed by atoms with E-state index in [1.54, 1.807) is 12.1 Å². The van der Waals surface area contributed by atoms with Gasteiger partial charge in [0.25, 0.3) is 0 Å². The van der Waals surface area contributed by atoms with Gasteiger partial charge in [-0.25, -0.2) is 9.18 Å². The molecule has 4 nitrogen and oxygen atoms in total. The molecule has 1 aromatic heterocycles. The summed E-state index contributed by atoms with van der Waals surface area (Å²) in [5.41, 5.74) is 1.81. The van der Waals surface area contributed by atoms with Crippen LogP contribution in [0.4, 0.5) is 10.1 Å². The monoisotopic (exact) mass is 422 g/mol. The molecule has 0 unspecified atom stereocenters. The van der Waals surface area contributed by atoms with Crippen LogP contribution in [0.2, 0.25) is 5.02 Å². The van der Waals surface area contributed by atoms with Crippen molar-refractivity contribution in [3.8, 4) is 0 Å². The van der Waals surface area contributed by atoms with E-state index < -0.39 is 5.97 Å². The van der Waals surface area contributed by atoms with Gasteiger partial charge in [0.05, 0.1) is 12.1 Å². The molecular formula is C19H16ClFN2O2S2. The van der Waals surface area contributed by atoms with Crippen LogP contribution in [0.3, 0.4) is 0 Å². The highest BCUT2D eigenvalue weighted by atomic mass is 35.5. The molecule has 0 aliphatic carbocycles. The maximum absolute atomic E-state index is 12.9. The molecule has 0 saturated carbocycles. The summed E-state index contributed by atoms with van der Waals surface area (Å²) in [4.78, 5) is 12.1. The van der Waals surface area contributed by atoms with Gasteiger partial charge in [-0.05, 0) is 54.5 Å². The fraction of sp³-hybridized carbons (Fsp3) is 0.158. The highest BCUT2D eigenvalue weighted by molar-refractivity contribution is 7.80. The molecule has 0 saturated heterocycles. The third-order valence-electron chi connectivity index (χ3n) is 3.87. The van der Waals surface area contributed by atoms with E-state index in [2.05, 4.69) is 10.6 Å². The Labute approximate surface area is 170 Å². The van der Waals surface area contributed by atoms with Gasteiger partial charge in [-0.15, -0.1) is 11.3 Å². The van der Waals surface area contributed by atoms with Gasteiger partial charge in [0, 0.05) is 22.3 Å². The average molecular weight is 423 g/mol. The molecule has 3 rings (SSSR count). The second-order valence-electron chi connectivity index (χ2n) is 5.71. The molecule has 27 heavy (non-hydrogen) atoms. The van der Waals surface area contributed by atoms with E-state index in [1.807, 2.05) is 18.2 Å². The quantitative estimate of drug-likeness (QED) is 0.447. The number of nitrogens with one attached hydrogen (secondary N) is 2. The number of hydrogen-bond acceptors (Lipinski definition) is 4. The summed E-state index contributed by atoms with van der Waals surface area (Å²) in [5.74, 6) is -0.697. The number of esters is 1. The van der Waals surface area contributed by atoms with E-state index in [4.69, 9.17) is 28.6 Å². The molecule has 0 aliphatic rings. The van der Waals surface area contributed by atoms with E-state index in [9.17, 15) is 9.18 Å². The summed E-state index contributed by atoms with van der Waals surface area (Å²) < 4.78 is 18.5. The molecule has 2 aromatic carbocycles. The summed E-state index contributed by atoms with van der Waals surface area (Å²) in [6.07, 6.45) is 0.726. The van der Waals surface area contributed by atoms with Crippen molar-refractivity contribution >= 4 is 62.0 Å². The highest BCUT2D eigenvalue weighted by Gasteiger charge is 2.17. The second-order valence-corrected chi connectivity index (χ2v) is 7.54. The minimum absolute atomic E-state index is 0.247. The second kappa shape index (κ2) is 8.65. The third-order valence-corrected chi connectivity index (χ3v) is 5.75. The van der Waals surface area contributed by atoms with E-state index in [0.29, 0.717) is 21.6 Å². The lowest BCUT2D eigenvalue weighted by molar-refractivity contribution is 0.0606. The normalized spacial score (nSPS) is 10.6. The van der Waals surface area contributed by atoms with Gasteiger partial charge in [-0.3, -0.25) is 0 Å². The van der Waals surface area contributed by atoms with Crippen molar-refractivity contribution in [2.45, 2.75) is 6.42 Å². The average Bonchev–Trinajstić information content (AvgIpc) is 2.99. The van der Waals surface area contributed by atoms with Crippen LogP contribution < -0.4 is 10.6 Å². The molecule has 2 N–H and O–H groups in total. The standard InChI is InChI=1S/C19H16ClFN2O2S2/c1-25-18(24)17-16(20)14-7-6-13(10-15(14)27-17)23-19(26)22-9-8-11-2-4-12(21)5-3-11/h2-7,10H,8-9H2,1H3,(H2,22,23,26). The number of thiocarbonyl (C=S) groups is 1. The number of halogens is 2. The minimum atomic E-state index is -0.450. The van der Waals surface area contributed by atoms with Gasteiger partial charge in [0.15, 0.2) is 5.11 Å². The summed E-state index contributed by atoms with van der Waals surface area (Å²) in [6.45, 7) is 0.622. The first-order valence-electron chi connectivity index (χ1n) is 8.07. The zero-order valence-corrected chi connectivity index (χ0v) is 16.7. The Balaban J connectivity index is 1.61. The van der Waals surface area contributed by atoms with E-state index in [1.165, 1.54) is 30.6 Å². The molecule has 0 bridgehead atoms. The number of ether oxygens (including phenoxy) is 1. The van der Waals surface area contributed by atoms with Crippen molar-refractivity contribution in [2.24, 2.45) is 0 Å².